The van der Waals surface area contributed by atoms with Crippen LogP contribution in [0.2, 0.25) is 5.28 Å². The highest BCUT2D eigenvalue weighted by Gasteiger charge is 2.17. The van der Waals surface area contributed by atoms with Crippen molar-refractivity contribution in [3.05, 3.63) is 56.2 Å². The van der Waals surface area contributed by atoms with E-state index in [4.69, 9.17) is 16.3 Å². The number of hydrogen-bond donors (Lipinski definition) is 0. The number of halogens is 2. The molecule has 0 aliphatic rings. The number of ether oxygens (including phenoxy) is 1. The molecule has 3 rings (SSSR count). The van der Waals surface area contributed by atoms with Crippen molar-refractivity contribution >= 4 is 22.8 Å². The number of nitrogens with zero attached hydrogens (tertiary/aromatic N) is 4. The van der Waals surface area contributed by atoms with E-state index in [1.54, 1.807) is 6.07 Å². The number of benzene rings is 1. The maximum atomic E-state index is 13.1. The van der Waals surface area contributed by atoms with E-state index in [9.17, 15) is 14.0 Å². The molecule has 2 aromatic heterocycles. The van der Waals surface area contributed by atoms with Gasteiger partial charge >= 0.3 is 5.69 Å². The zero-order valence-electron chi connectivity index (χ0n) is 13.0. The van der Waals surface area contributed by atoms with Gasteiger partial charge in [0, 0.05) is 20.2 Å². The van der Waals surface area contributed by atoms with Gasteiger partial charge in [-0.2, -0.15) is 4.98 Å². The Kier molecular flexibility index (Phi) is 4.15. The molecule has 0 spiro atoms. The molecule has 0 unspecified atom stereocenters. The predicted molar refractivity (Wildman–Crippen MR) is 87.1 cm³/mol. The minimum absolute atomic E-state index is 0.0751. The Morgan fingerprint density at radius 2 is 2.00 bits per heavy atom. The summed E-state index contributed by atoms with van der Waals surface area (Å²) in [5.74, 6) is -0.0293. The van der Waals surface area contributed by atoms with Gasteiger partial charge in [-0.25, -0.2) is 9.18 Å². The summed E-state index contributed by atoms with van der Waals surface area (Å²) in [5.41, 5.74) is -0.547. The molecule has 2 heterocycles. The van der Waals surface area contributed by atoms with Crippen LogP contribution in [0.1, 0.15) is 0 Å². The summed E-state index contributed by atoms with van der Waals surface area (Å²) < 4.78 is 22.3. The van der Waals surface area contributed by atoms with E-state index in [1.165, 1.54) is 41.4 Å². The lowest BCUT2D eigenvalue weighted by molar-refractivity contribution is 0.298. The highest BCUT2D eigenvalue weighted by Crippen LogP contribution is 2.16. The summed E-state index contributed by atoms with van der Waals surface area (Å²) in [5, 5.41) is 0.0751. The maximum absolute atomic E-state index is 13.1. The number of hydrogen-bond acceptors (Lipinski definition) is 4. The van der Waals surface area contributed by atoms with E-state index in [2.05, 4.69) is 4.98 Å². The highest BCUT2D eigenvalue weighted by atomic mass is 35.5. The molecule has 0 saturated carbocycles. The summed E-state index contributed by atoms with van der Waals surface area (Å²) in [6.45, 7) is 0.375. The highest BCUT2D eigenvalue weighted by molar-refractivity contribution is 6.29. The molecule has 0 aliphatic carbocycles. The van der Waals surface area contributed by atoms with Gasteiger partial charge in [0.1, 0.15) is 18.2 Å². The van der Waals surface area contributed by atoms with Crippen LogP contribution in [-0.2, 0) is 20.6 Å². The number of aryl methyl sites for hydroxylation is 1. The standard InChI is InChI=1S/C15H14ClFN4O3/c1-19-12-11(13(22)20(2)15(19)23)21(14(16)18-12)6-7-24-10-5-3-4-9(17)8-10/h3-5,8H,6-7H2,1-2H3. The monoisotopic (exact) mass is 352 g/mol. The number of aromatic nitrogens is 4. The van der Waals surface area contributed by atoms with Crippen LogP contribution in [0.5, 0.6) is 5.75 Å². The summed E-state index contributed by atoms with van der Waals surface area (Å²) in [6.07, 6.45) is 0. The van der Waals surface area contributed by atoms with Crippen LogP contribution in [0.15, 0.2) is 33.9 Å². The third-order valence-electron chi connectivity index (χ3n) is 3.68. The van der Waals surface area contributed by atoms with Crippen molar-refractivity contribution in [3.63, 3.8) is 0 Å². The molecular formula is C15H14ClFN4O3. The van der Waals surface area contributed by atoms with Crippen molar-refractivity contribution in [1.29, 1.82) is 0 Å². The van der Waals surface area contributed by atoms with Crippen molar-refractivity contribution < 1.29 is 9.13 Å². The molecule has 0 bridgehead atoms. The molecule has 0 aliphatic heterocycles. The zero-order valence-corrected chi connectivity index (χ0v) is 13.7. The average Bonchev–Trinajstić information content (AvgIpc) is 2.88. The Morgan fingerprint density at radius 3 is 2.71 bits per heavy atom. The molecule has 0 saturated heterocycles. The topological polar surface area (TPSA) is 71.0 Å². The Labute approximate surface area is 140 Å². The van der Waals surface area contributed by atoms with Gasteiger partial charge in [0.25, 0.3) is 5.56 Å². The summed E-state index contributed by atoms with van der Waals surface area (Å²) in [6, 6.07) is 5.74. The predicted octanol–water partition coefficient (Wildman–Crippen LogP) is 1.31. The maximum Gasteiger partial charge on any atom is 0.332 e. The molecule has 0 fully saturated rings. The van der Waals surface area contributed by atoms with Gasteiger partial charge in [-0.15, -0.1) is 0 Å². The first-order valence-corrected chi connectivity index (χ1v) is 7.48. The quantitative estimate of drug-likeness (QED) is 0.664. The van der Waals surface area contributed by atoms with Crippen molar-refractivity contribution in [1.82, 2.24) is 18.7 Å². The minimum Gasteiger partial charge on any atom is -0.492 e. The first-order valence-electron chi connectivity index (χ1n) is 7.10. The Morgan fingerprint density at radius 1 is 1.25 bits per heavy atom. The van der Waals surface area contributed by atoms with Gasteiger partial charge in [0.2, 0.25) is 5.28 Å². The van der Waals surface area contributed by atoms with Gasteiger partial charge in [0.15, 0.2) is 11.2 Å². The van der Waals surface area contributed by atoms with E-state index >= 15 is 0 Å². The average molecular weight is 353 g/mol. The molecule has 7 nitrogen and oxygen atoms in total. The first kappa shape index (κ1) is 16.3. The smallest absolute Gasteiger partial charge is 0.332 e. The van der Waals surface area contributed by atoms with Gasteiger partial charge in [-0.05, 0) is 23.7 Å². The number of imidazole rings is 1. The molecule has 0 N–H and O–H groups in total. The third kappa shape index (κ3) is 2.69. The third-order valence-corrected chi connectivity index (χ3v) is 3.97. The summed E-state index contributed by atoms with van der Waals surface area (Å²) in [7, 11) is 2.90. The largest absolute Gasteiger partial charge is 0.492 e. The van der Waals surface area contributed by atoms with Crippen molar-refractivity contribution in [3.8, 4) is 5.75 Å². The fourth-order valence-corrected chi connectivity index (χ4v) is 2.68. The van der Waals surface area contributed by atoms with Gasteiger partial charge in [-0.1, -0.05) is 6.07 Å². The molecule has 1 aromatic carbocycles. The Balaban J connectivity index is 1.94. The lowest BCUT2D eigenvalue weighted by atomic mass is 10.3. The SMILES string of the molecule is Cn1c(=O)c2c(nc(Cl)n2CCOc2cccc(F)c2)n(C)c1=O. The zero-order chi connectivity index (χ0) is 17.4. The fraction of sp³-hybridized carbons (Fsp3) is 0.267. The van der Waals surface area contributed by atoms with Gasteiger partial charge in [0.05, 0.1) is 6.54 Å². The van der Waals surface area contributed by atoms with Gasteiger partial charge in [-0.3, -0.25) is 13.9 Å². The van der Waals surface area contributed by atoms with Crippen LogP contribution in [0.4, 0.5) is 4.39 Å². The van der Waals surface area contributed by atoms with Crippen LogP contribution in [0, 0.1) is 5.82 Å². The lowest BCUT2D eigenvalue weighted by Crippen LogP contribution is -2.37. The van der Waals surface area contributed by atoms with Crippen LogP contribution in [0.25, 0.3) is 11.2 Å². The van der Waals surface area contributed by atoms with Crippen LogP contribution in [-0.4, -0.2) is 25.3 Å². The summed E-state index contributed by atoms with van der Waals surface area (Å²) in [4.78, 5) is 28.4. The number of fused-ring (bicyclic) bond motifs is 1. The molecule has 9 heteroatoms. The second kappa shape index (κ2) is 6.12. The van der Waals surface area contributed by atoms with Gasteiger partial charge < -0.3 is 9.30 Å². The lowest BCUT2D eigenvalue weighted by Gasteiger charge is -2.09. The van der Waals surface area contributed by atoms with Crippen molar-refractivity contribution in [2.24, 2.45) is 14.1 Å². The van der Waals surface area contributed by atoms with Crippen molar-refractivity contribution in [2.45, 2.75) is 6.54 Å². The van der Waals surface area contributed by atoms with Crippen LogP contribution >= 0.6 is 11.6 Å². The molecule has 126 valence electrons. The molecular weight excluding hydrogens is 339 g/mol. The second-order valence-electron chi connectivity index (χ2n) is 5.22. The van der Waals surface area contributed by atoms with E-state index < -0.39 is 17.1 Å². The minimum atomic E-state index is -0.488. The second-order valence-corrected chi connectivity index (χ2v) is 5.55. The van der Waals surface area contributed by atoms with Crippen LogP contribution < -0.4 is 16.0 Å². The normalized spacial score (nSPS) is 11.2. The fourth-order valence-electron chi connectivity index (χ4n) is 2.44. The molecule has 0 amide bonds. The van der Waals surface area contributed by atoms with Crippen LogP contribution in [0.3, 0.4) is 0 Å². The van der Waals surface area contributed by atoms with E-state index in [-0.39, 0.29) is 29.6 Å². The first-order chi connectivity index (χ1) is 11.4. The summed E-state index contributed by atoms with van der Waals surface area (Å²) >= 11 is 6.10. The van der Waals surface area contributed by atoms with E-state index in [0.717, 1.165) is 4.57 Å². The Hall–Kier alpha value is -2.61. The number of rotatable bonds is 4. The molecule has 3 aromatic rings. The van der Waals surface area contributed by atoms with E-state index in [0.29, 0.717) is 5.75 Å². The molecule has 0 radical (unpaired) electrons. The molecule has 0 atom stereocenters. The van der Waals surface area contributed by atoms with Crippen molar-refractivity contribution in [2.75, 3.05) is 6.61 Å². The molecule has 24 heavy (non-hydrogen) atoms. The Bertz CT molecular complexity index is 1040. The van der Waals surface area contributed by atoms with E-state index in [1.807, 2.05) is 0 Å².